The molecule has 2 N–H and O–H groups in total. The second-order valence-electron chi connectivity index (χ2n) is 4.24. The molecule has 1 aromatic rings. The molecule has 2 rings (SSSR count). The molecule has 0 amide bonds. The molecule has 4 heteroatoms. The first kappa shape index (κ1) is 10.4. The van der Waals surface area contributed by atoms with E-state index < -0.39 is 0 Å². The molecule has 1 aliphatic rings. The first-order chi connectivity index (χ1) is 7.29. The van der Waals surface area contributed by atoms with Crippen LogP contribution in [0.3, 0.4) is 0 Å². The summed E-state index contributed by atoms with van der Waals surface area (Å²) in [5.74, 6) is 1.58. The van der Waals surface area contributed by atoms with Crippen molar-refractivity contribution in [3.63, 3.8) is 0 Å². The lowest BCUT2D eigenvalue weighted by molar-refractivity contribution is 0.545. The van der Waals surface area contributed by atoms with E-state index in [4.69, 9.17) is 5.73 Å². The maximum Gasteiger partial charge on any atom is 0.225 e. The van der Waals surface area contributed by atoms with E-state index >= 15 is 0 Å². The summed E-state index contributed by atoms with van der Waals surface area (Å²) in [5, 5.41) is 0. The summed E-state index contributed by atoms with van der Waals surface area (Å²) in [6, 6.07) is 0. The highest BCUT2D eigenvalue weighted by Crippen LogP contribution is 2.22. The molecular formula is C11H18N4. The maximum absolute atomic E-state index is 5.56. The van der Waals surface area contributed by atoms with Gasteiger partial charge in [-0.2, -0.15) is 0 Å². The van der Waals surface area contributed by atoms with Crippen molar-refractivity contribution >= 4 is 5.95 Å². The topological polar surface area (TPSA) is 55.0 Å². The van der Waals surface area contributed by atoms with Crippen LogP contribution < -0.4 is 10.6 Å². The van der Waals surface area contributed by atoms with Crippen molar-refractivity contribution in [2.45, 2.75) is 19.8 Å². The molecule has 1 saturated heterocycles. The van der Waals surface area contributed by atoms with Gasteiger partial charge in [-0.1, -0.05) is 0 Å². The molecule has 82 valence electrons. The van der Waals surface area contributed by atoms with Gasteiger partial charge in [-0.15, -0.1) is 0 Å². The minimum atomic E-state index is 0.722. The zero-order valence-electron chi connectivity index (χ0n) is 9.19. The number of anilines is 1. The Kier molecular flexibility index (Phi) is 3.16. The highest BCUT2D eigenvalue weighted by Gasteiger charge is 2.23. The van der Waals surface area contributed by atoms with E-state index in [1.807, 2.05) is 19.3 Å². The van der Waals surface area contributed by atoms with Crippen LogP contribution in [-0.2, 0) is 0 Å². The number of aromatic nitrogens is 2. The van der Waals surface area contributed by atoms with Crippen LogP contribution in [0.25, 0.3) is 0 Å². The Morgan fingerprint density at radius 1 is 1.47 bits per heavy atom. The molecule has 1 aromatic heterocycles. The normalized spacial score (nSPS) is 20.9. The van der Waals surface area contributed by atoms with Crippen LogP contribution in [0.15, 0.2) is 12.4 Å². The standard InChI is InChI=1S/C11H18N4/c1-9-6-13-11(14-7-9)15-5-3-10(8-15)2-4-12/h6-7,10H,2-5,8,12H2,1H3. The summed E-state index contributed by atoms with van der Waals surface area (Å²) in [6.45, 7) is 4.91. The molecular weight excluding hydrogens is 188 g/mol. The van der Waals surface area contributed by atoms with Crippen molar-refractivity contribution in [1.82, 2.24) is 9.97 Å². The summed E-state index contributed by atoms with van der Waals surface area (Å²) >= 11 is 0. The van der Waals surface area contributed by atoms with Gasteiger partial charge in [-0.05, 0) is 37.8 Å². The Bertz CT molecular complexity index is 309. The van der Waals surface area contributed by atoms with Gasteiger partial charge < -0.3 is 10.6 Å². The Morgan fingerprint density at radius 2 is 2.20 bits per heavy atom. The number of nitrogens with zero attached hydrogens (tertiary/aromatic N) is 3. The number of nitrogens with two attached hydrogens (primary N) is 1. The average Bonchev–Trinajstić information content (AvgIpc) is 2.68. The molecule has 1 aliphatic heterocycles. The predicted molar refractivity (Wildman–Crippen MR) is 60.8 cm³/mol. The minimum absolute atomic E-state index is 0.722. The van der Waals surface area contributed by atoms with Crippen LogP contribution in [0.2, 0.25) is 0 Å². The van der Waals surface area contributed by atoms with Gasteiger partial charge in [0.25, 0.3) is 0 Å². The Morgan fingerprint density at radius 3 is 2.87 bits per heavy atom. The number of aryl methyl sites for hydroxylation is 1. The first-order valence-corrected chi connectivity index (χ1v) is 5.53. The van der Waals surface area contributed by atoms with E-state index in [0.717, 1.165) is 43.5 Å². The van der Waals surface area contributed by atoms with Gasteiger partial charge >= 0.3 is 0 Å². The molecule has 0 saturated carbocycles. The van der Waals surface area contributed by atoms with E-state index in [2.05, 4.69) is 14.9 Å². The first-order valence-electron chi connectivity index (χ1n) is 5.53. The molecule has 1 unspecified atom stereocenters. The third-order valence-corrected chi connectivity index (χ3v) is 2.91. The van der Waals surface area contributed by atoms with Gasteiger partial charge in [0.1, 0.15) is 0 Å². The van der Waals surface area contributed by atoms with Crippen molar-refractivity contribution in [3.05, 3.63) is 18.0 Å². The van der Waals surface area contributed by atoms with Crippen LogP contribution >= 0.6 is 0 Å². The van der Waals surface area contributed by atoms with Crippen LogP contribution in [0, 0.1) is 12.8 Å². The molecule has 0 spiro atoms. The van der Waals surface area contributed by atoms with Gasteiger partial charge in [0.15, 0.2) is 0 Å². The molecule has 15 heavy (non-hydrogen) atoms. The largest absolute Gasteiger partial charge is 0.341 e. The van der Waals surface area contributed by atoms with E-state index in [9.17, 15) is 0 Å². The zero-order valence-corrected chi connectivity index (χ0v) is 9.19. The number of rotatable bonds is 3. The number of hydrogen-bond acceptors (Lipinski definition) is 4. The van der Waals surface area contributed by atoms with Gasteiger partial charge in [0, 0.05) is 25.5 Å². The van der Waals surface area contributed by atoms with Crippen molar-refractivity contribution < 1.29 is 0 Å². The molecule has 2 heterocycles. The third-order valence-electron chi connectivity index (χ3n) is 2.91. The molecule has 0 bridgehead atoms. The minimum Gasteiger partial charge on any atom is -0.341 e. The highest BCUT2D eigenvalue weighted by atomic mass is 15.3. The summed E-state index contributed by atoms with van der Waals surface area (Å²) in [5.41, 5.74) is 6.67. The molecule has 0 aromatic carbocycles. The molecule has 0 aliphatic carbocycles. The van der Waals surface area contributed by atoms with Crippen LogP contribution in [0.4, 0.5) is 5.95 Å². The van der Waals surface area contributed by atoms with E-state index in [0.29, 0.717) is 0 Å². The lowest BCUT2D eigenvalue weighted by Gasteiger charge is -2.15. The summed E-state index contributed by atoms with van der Waals surface area (Å²) in [6.07, 6.45) is 6.08. The summed E-state index contributed by atoms with van der Waals surface area (Å²) in [7, 11) is 0. The average molecular weight is 206 g/mol. The Labute approximate surface area is 90.5 Å². The van der Waals surface area contributed by atoms with Gasteiger partial charge in [-0.25, -0.2) is 9.97 Å². The smallest absolute Gasteiger partial charge is 0.225 e. The maximum atomic E-state index is 5.56. The third kappa shape index (κ3) is 2.45. The lowest BCUT2D eigenvalue weighted by atomic mass is 10.1. The van der Waals surface area contributed by atoms with Gasteiger partial charge in [-0.3, -0.25) is 0 Å². The van der Waals surface area contributed by atoms with E-state index in [1.54, 1.807) is 0 Å². The highest BCUT2D eigenvalue weighted by molar-refractivity contribution is 5.31. The lowest BCUT2D eigenvalue weighted by Crippen LogP contribution is -2.22. The summed E-state index contributed by atoms with van der Waals surface area (Å²) < 4.78 is 0. The van der Waals surface area contributed by atoms with Crippen LogP contribution in [0.5, 0.6) is 0 Å². The Hall–Kier alpha value is -1.16. The monoisotopic (exact) mass is 206 g/mol. The SMILES string of the molecule is Cc1cnc(N2CCC(CCN)C2)nc1. The molecule has 4 nitrogen and oxygen atoms in total. The van der Waals surface area contributed by atoms with E-state index in [-0.39, 0.29) is 0 Å². The fraction of sp³-hybridized carbons (Fsp3) is 0.636. The zero-order chi connectivity index (χ0) is 10.7. The summed E-state index contributed by atoms with van der Waals surface area (Å²) in [4.78, 5) is 10.9. The second kappa shape index (κ2) is 4.57. The number of hydrogen-bond donors (Lipinski definition) is 1. The predicted octanol–water partition coefficient (Wildman–Crippen LogP) is 0.960. The van der Waals surface area contributed by atoms with Gasteiger partial charge in [0.05, 0.1) is 0 Å². The fourth-order valence-corrected chi connectivity index (χ4v) is 2.03. The van der Waals surface area contributed by atoms with Crippen LogP contribution in [0.1, 0.15) is 18.4 Å². The Balaban J connectivity index is 1.98. The van der Waals surface area contributed by atoms with Crippen molar-refractivity contribution in [3.8, 4) is 0 Å². The van der Waals surface area contributed by atoms with Crippen molar-refractivity contribution in [2.24, 2.45) is 11.7 Å². The molecule has 0 radical (unpaired) electrons. The second-order valence-corrected chi connectivity index (χ2v) is 4.24. The fourth-order valence-electron chi connectivity index (χ4n) is 2.03. The van der Waals surface area contributed by atoms with Crippen molar-refractivity contribution in [2.75, 3.05) is 24.5 Å². The van der Waals surface area contributed by atoms with Gasteiger partial charge in [0.2, 0.25) is 5.95 Å². The molecule has 1 atom stereocenters. The van der Waals surface area contributed by atoms with E-state index in [1.165, 1.54) is 6.42 Å². The van der Waals surface area contributed by atoms with Crippen LogP contribution in [-0.4, -0.2) is 29.6 Å². The molecule has 1 fully saturated rings. The quantitative estimate of drug-likeness (QED) is 0.800. The van der Waals surface area contributed by atoms with Crippen molar-refractivity contribution in [1.29, 1.82) is 0 Å².